The number of nitrogens with two attached hydrogens (primary N) is 1. The van der Waals surface area contributed by atoms with Gasteiger partial charge in [-0.1, -0.05) is 12.1 Å². The lowest BCUT2D eigenvalue weighted by molar-refractivity contribution is 0.0636. The van der Waals surface area contributed by atoms with Crippen LogP contribution in [0.1, 0.15) is 44.7 Å². The molecular weight excluding hydrogens is 252 g/mol. The van der Waals surface area contributed by atoms with E-state index in [1.807, 2.05) is 39.8 Å². The van der Waals surface area contributed by atoms with Gasteiger partial charge in [0.25, 0.3) is 0 Å². The molecule has 0 saturated carbocycles. The molecule has 1 amide bonds. The molecule has 0 fully saturated rings. The largest absolute Gasteiger partial charge is 0.444 e. The van der Waals surface area contributed by atoms with Gasteiger partial charge in [-0.2, -0.15) is 0 Å². The summed E-state index contributed by atoms with van der Waals surface area (Å²) in [6.07, 6.45) is 2.63. The highest BCUT2D eigenvalue weighted by molar-refractivity contribution is 5.86. The van der Waals surface area contributed by atoms with E-state index in [9.17, 15) is 4.79 Å². The highest BCUT2D eigenvalue weighted by Gasteiger charge is 2.16. The highest BCUT2D eigenvalue weighted by atomic mass is 16.6. The van der Waals surface area contributed by atoms with Crippen molar-refractivity contribution in [3.63, 3.8) is 0 Å². The number of amides is 1. The maximum Gasteiger partial charge on any atom is 0.412 e. The van der Waals surface area contributed by atoms with E-state index in [0.717, 1.165) is 37.1 Å². The Kier molecular flexibility index (Phi) is 6.02. The van der Waals surface area contributed by atoms with Crippen molar-refractivity contribution >= 4 is 11.8 Å². The number of hydrogen-bond donors (Lipinski definition) is 2. The van der Waals surface area contributed by atoms with Gasteiger partial charge in [0.05, 0.1) is 0 Å². The predicted molar refractivity (Wildman–Crippen MR) is 83.0 cm³/mol. The van der Waals surface area contributed by atoms with Gasteiger partial charge >= 0.3 is 6.09 Å². The molecule has 0 heterocycles. The van der Waals surface area contributed by atoms with Crippen LogP contribution in [0.25, 0.3) is 0 Å². The Morgan fingerprint density at radius 3 is 2.60 bits per heavy atom. The van der Waals surface area contributed by atoms with Gasteiger partial charge in [-0.3, -0.25) is 5.32 Å². The van der Waals surface area contributed by atoms with Crippen LogP contribution in [0.4, 0.5) is 10.5 Å². The second kappa shape index (κ2) is 7.29. The summed E-state index contributed by atoms with van der Waals surface area (Å²) in [5, 5.41) is 2.81. The van der Waals surface area contributed by atoms with Crippen molar-refractivity contribution in [1.82, 2.24) is 0 Å². The molecule has 1 aromatic rings. The molecule has 0 unspecified atom stereocenters. The van der Waals surface area contributed by atoms with Crippen molar-refractivity contribution in [2.75, 3.05) is 11.9 Å². The zero-order valence-electron chi connectivity index (χ0n) is 13.0. The fourth-order valence-electron chi connectivity index (χ4n) is 1.85. The molecule has 1 rings (SSSR count). The monoisotopic (exact) mass is 278 g/mol. The van der Waals surface area contributed by atoms with Crippen LogP contribution in [-0.4, -0.2) is 18.2 Å². The predicted octanol–water partition coefficient (Wildman–Crippen LogP) is 3.62. The second-order valence-corrected chi connectivity index (χ2v) is 6.02. The number of benzene rings is 1. The van der Waals surface area contributed by atoms with Crippen molar-refractivity contribution < 1.29 is 9.53 Å². The Labute approximate surface area is 121 Å². The molecule has 0 spiro atoms. The lowest BCUT2D eigenvalue weighted by Crippen LogP contribution is -2.27. The average molecular weight is 278 g/mol. The summed E-state index contributed by atoms with van der Waals surface area (Å²) in [5.41, 5.74) is 8.05. The lowest BCUT2D eigenvalue weighted by atomic mass is 10.0. The highest BCUT2D eigenvalue weighted by Crippen LogP contribution is 2.19. The van der Waals surface area contributed by atoms with Gasteiger partial charge < -0.3 is 10.5 Å². The van der Waals surface area contributed by atoms with E-state index < -0.39 is 11.7 Å². The number of carbonyl (C=O) groups excluding carboxylic acids is 1. The van der Waals surface area contributed by atoms with Crippen molar-refractivity contribution in [1.29, 1.82) is 0 Å². The van der Waals surface area contributed by atoms with Crippen LogP contribution in [0.15, 0.2) is 18.2 Å². The number of aryl methyl sites for hydroxylation is 2. The quantitative estimate of drug-likeness (QED) is 0.808. The zero-order valence-corrected chi connectivity index (χ0v) is 13.0. The molecule has 20 heavy (non-hydrogen) atoms. The summed E-state index contributed by atoms with van der Waals surface area (Å²) < 4.78 is 5.27. The summed E-state index contributed by atoms with van der Waals surface area (Å²) >= 11 is 0. The van der Waals surface area contributed by atoms with Crippen LogP contribution >= 0.6 is 0 Å². The van der Waals surface area contributed by atoms with Crippen LogP contribution in [-0.2, 0) is 11.2 Å². The molecule has 0 aliphatic heterocycles. The van der Waals surface area contributed by atoms with Crippen molar-refractivity contribution in [3.05, 3.63) is 29.3 Å². The molecule has 0 aromatic heterocycles. The maximum atomic E-state index is 11.8. The Hall–Kier alpha value is -1.55. The molecule has 1 aromatic carbocycles. The third-order valence-electron chi connectivity index (χ3n) is 2.86. The molecule has 112 valence electrons. The van der Waals surface area contributed by atoms with E-state index in [1.54, 1.807) is 0 Å². The number of unbranched alkanes of at least 4 members (excludes halogenated alkanes) is 1. The van der Waals surface area contributed by atoms with Crippen molar-refractivity contribution in [3.8, 4) is 0 Å². The minimum absolute atomic E-state index is 0.417. The average Bonchev–Trinajstić information content (AvgIpc) is 2.31. The van der Waals surface area contributed by atoms with E-state index in [-0.39, 0.29) is 0 Å². The molecular formula is C16H26N2O2. The topological polar surface area (TPSA) is 64.3 Å². The first-order chi connectivity index (χ1) is 9.31. The van der Waals surface area contributed by atoms with Crippen LogP contribution in [0, 0.1) is 6.92 Å². The van der Waals surface area contributed by atoms with E-state index >= 15 is 0 Å². The SMILES string of the molecule is Cc1ccc(CCCCN)cc1NC(=O)OC(C)(C)C. The van der Waals surface area contributed by atoms with Gasteiger partial charge in [0, 0.05) is 5.69 Å². The maximum absolute atomic E-state index is 11.8. The van der Waals surface area contributed by atoms with Gasteiger partial charge in [-0.15, -0.1) is 0 Å². The van der Waals surface area contributed by atoms with Crippen LogP contribution < -0.4 is 11.1 Å². The lowest BCUT2D eigenvalue weighted by Gasteiger charge is -2.20. The summed E-state index contributed by atoms with van der Waals surface area (Å²) in [5.74, 6) is 0. The normalized spacial score (nSPS) is 11.2. The minimum atomic E-state index is -0.489. The molecule has 0 saturated heterocycles. The summed E-state index contributed by atoms with van der Waals surface area (Å²) in [4.78, 5) is 11.8. The van der Waals surface area contributed by atoms with Crippen molar-refractivity contribution in [2.24, 2.45) is 5.73 Å². The van der Waals surface area contributed by atoms with Gasteiger partial charge in [0.1, 0.15) is 5.60 Å². The summed E-state index contributed by atoms with van der Waals surface area (Å²) in [6, 6.07) is 6.12. The van der Waals surface area contributed by atoms with Crippen LogP contribution in [0.2, 0.25) is 0 Å². The van der Waals surface area contributed by atoms with Gasteiger partial charge in [0.15, 0.2) is 0 Å². The Bertz CT molecular complexity index is 450. The molecule has 4 heteroatoms. The molecule has 0 bridgehead atoms. The number of rotatable bonds is 5. The van der Waals surface area contributed by atoms with E-state index in [2.05, 4.69) is 11.4 Å². The van der Waals surface area contributed by atoms with Gasteiger partial charge in [0.2, 0.25) is 0 Å². The van der Waals surface area contributed by atoms with Crippen LogP contribution in [0.5, 0.6) is 0 Å². The smallest absolute Gasteiger partial charge is 0.412 e. The molecule has 0 aliphatic carbocycles. The van der Waals surface area contributed by atoms with E-state index in [0.29, 0.717) is 0 Å². The first-order valence-corrected chi connectivity index (χ1v) is 7.11. The summed E-state index contributed by atoms with van der Waals surface area (Å²) in [6.45, 7) is 8.24. The molecule has 0 radical (unpaired) electrons. The Morgan fingerprint density at radius 2 is 2.00 bits per heavy atom. The zero-order chi connectivity index (χ0) is 15.2. The number of hydrogen-bond acceptors (Lipinski definition) is 3. The number of carbonyl (C=O) groups is 1. The first kappa shape index (κ1) is 16.5. The van der Waals surface area contributed by atoms with E-state index in [1.165, 1.54) is 5.56 Å². The second-order valence-electron chi connectivity index (χ2n) is 6.02. The molecule has 4 nitrogen and oxygen atoms in total. The van der Waals surface area contributed by atoms with Gasteiger partial charge in [-0.05, 0) is 70.7 Å². The summed E-state index contributed by atoms with van der Waals surface area (Å²) in [7, 11) is 0. The fraction of sp³-hybridized carbons (Fsp3) is 0.562. The number of anilines is 1. The standard InChI is InChI=1S/C16H26N2O2/c1-12-8-9-13(7-5-6-10-17)11-14(12)18-15(19)20-16(2,3)4/h8-9,11H,5-7,10,17H2,1-4H3,(H,18,19). The number of nitrogens with one attached hydrogen (secondary N) is 1. The third-order valence-corrected chi connectivity index (χ3v) is 2.86. The van der Waals surface area contributed by atoms with Gasteiger partial charge in [-0.25, -0.2) is 4.79 Å². The minimum Gasteiger partial charge on any atom is -0.444 e. The Balaban J connectivity index is 2.68. The number of ether oxygens (including phenoxy) is 1. The first-order valence-electron chi connectivity index (χ1n) is 7.11. The van der Waals surface area contributed by atoms with Crippen LogP contribution in [0.3, 0.4) is 0 Å². The fourth-order valence-corrected chi connectivity index (χ4v) is 1.85. The van der Waals surface area contributed by atoms with Crippen molar-refractivity contribution in [2.45, 2.75) is 52.6 Å². The third kappa shape index (κ3) is 6.06. The molecule has 0 atom stereocenters. The molecule has 3 N–H and O–H groups in total. The Morgan fingerprint density at radius 1 is 1.30 bits per heavy atom. The van der Waals surface area contributed by atoms with E-state index in [4.69, 9.17) is 10.5 Å². The molecule has 0 aliphatic rings.